The largest absolute Gasteiger partial charge is 0.391 e. The Labute approximate surface area is 134 Å². The van der Waals surface area contributed by atoms with Crippen molar-refractivity contribution in [1.29, 1.82) is 0 Å². The molecule has 2 atom stereocenters. The number of β-amino-alcohol motifs (C(OH)–C–C–N with tert-alkyl or cyclic N) is 1. The second kappa shape index (κ2) is 7.82. The van der Waals surface area contributed by atoms with E-state index < -0.39 is 0 Å². The summed E-state index contributed by atoms with van der Waals surface area (Å²) in [6, 6.07) is 5.84. The van der Waals surface area contributed by atoms with Crippen molar-refractivity contribution in [2.24, 2.45) is 5.92 Å². The molecule has 0 radical (unpaired) electrons. The number of nitrogens with zero attached hydrogens (tertiary/aromatic N) is 2. The molecular formula is C14H19ClN4OS. The van der Waals surface area contributed by atoms with Gasteiger partial charge in [0.05, 0.1) is 17.5 Å². The molecule has 0 bridgehead atoms. The number of hydrogen-bond acceptors (Lipinski definition) is 6. The van der Waals surface area contributed by atoms with Crippen LogP contribution in [-0.4, -0.2) is 40.8 Å². The van der Waals surface area contributed by atoms with Gasteiger partial charge in [0, 0.05) is 43.7 Å². The van der Waals surface area contributed by atoms with Gasteiger partial charge in [-0.3, -0.25) is 4.98 Å². The van der Waals surface area contributed by atoms with E-state index in [1.54, 1.807) is 17.5 Å². The molecule has 0 aromatic carbocycles. The predicted molar refractivity (Wildman–Crippen MR) is 86.7 cm³/mol. The third kappa shape index (κ3) is 4.21. The van der Waals surface area contributed by atoms with Gasteiger partial charge in [-0.15, -0.1) is 23.7 Å². The van der Waals surface area contributed by atoms with Gasteiger partial charge in [-0.1, -0.05) is 6.07 Å². The molecule has 0 aliphatic carbocycles. The predicted octanol–water partition coefficient (Wildman–Crippen LogP) is 1.30. The van der Waals surface area contributed by atoms with Crippen molar-refractivity contribution in [1.82, 2.24) is 20.6 Å². The lowest BCUT2D eigenvalue weighted by Crippen LogP contribution is -2.30. The minimum absolute atomic E-state index is 0. The summed E-state index contributed by atoms with van der Waals surface area (Å²) in [5.74, 6) is 0.295. The third-order valence-electron chi connectivity index (χ3n) is 3.45. The summed E-state index contributed by atoms with van der Waals surface area (Å²) in [5, 5.41) is 19.3. The van der Waals surface area contributed by atoms with Gasteiger partial charge in [-0.05, 0) is 12.1 Å². The highest BCUT2D eigenvalue weighted by Crippen LogP contribution is 2.21. The Morgan fingerprint density at radius 2 is 2.29 bits per heavy atom. The minimum atomic E-state index is -0.234. The van der Waals surface area contributed by atoms with E-state index in [2.05, 4.69) is 26.0 Å². The standard InChI is InChI=1S/C14H18N4OS.ClH/c19-13-8-16-6-10(13)5-15-7-11-9-20-14(18-11)12-3-1-2-4-17-12;/h1-4,9-10,13,15-16,19H,5-8H2;1H. The maximum Gasteiger partial charge on any atom is 0.142 e. The van der Waals surface area contributed by atoms with Crippen LogP contribution in [0.4, 0.5) is 0 Å². The Kier molecular flexibility index (Phi) is 6.08. The molecule has 21 heavy (non-hydrogen) atoms. The number of hydrogen-bond donors (Lipinski definition) is 3. The van der Waals surface area contributed by atoms with Gasteiger partial charge in [0.2, 0.25) is 0 Å². The summed E-state index contributed by atoms with van der Waals surface area (Å²) < 4.78 is 0. The summed E-state index contributed by atoms with van der Waals surface area (Å²) in [4.78, 5) is 8.88. The van der Waals surface area contributed by atoms with Crippen LogP contribution in [0.3, 0.4) is 0 Å². The van der Waals surface area contributed by atoms with E-state index in [-0.39, 0.29) is 18.5 Å². The first kappa shape index (κ1) is 16.3. The molecule has 2 aromatic rings. The first-order chi connectivity index (χ1) is 9.83. The second-order valence-electron chi connectivity index (χ2n) is 4.98. The Hall–Kier alpha value is -1.05. The Bertz CT molecular complexity index is 551. The zero-order valence-electron chi connectivity index (χ0n) is 11.5. The van der Waals surface area contributed by atoms with E-state index in [0.29, 0.717) is 12.5 Å². The summed E-state index contributed by atoms with van der Waals surface area (Å²) in [5.41, 5.74) is 1.94. The van der Waals surface area contributed by atoms with E-state index in [9.17, 15) is 5.11 Å². The van der Waals surface area contributed by atoms with Crippen molar-refractivity contribution in [3.05, 3.63) is 35.5 Å². The molecule has 1 fully saturated rings. The maximum absolute atomic E-state index is 9.71. The molecule has 0 saturated carbocycles. The third-order valence-corrected chi connectivity index (χ3v) is 4.37. The van der Waals surface area contributed by atoms with Crippen LogP contribution in [0.2, 0.25) is 0 Å². The zero-order chi connectivity index (χ0) is 13.8. The summed E-state index contributed by atoms with van der Waals surface area (Å²) in [6.45, 7) is 3.12. The van der Waals surface area contributed by atoms with Crippen LogP contribution in [-0.2, 0) is 6.54 Å². The SMILES string of the molecule is Cl.OC1CNCC1CNCc1csc(-c2ccccn2)n1. The van der Waals surface area contributed by atoms with E-state index in [4.69, 9.17) is 0 Å². The summed E-state index contributed by atoms with van der Waals surface area (Å²) in [6.07, 6.45) is 1.55. The fraction of sp³-hybridized carbons (Fsp3) is 0.429. The Morgan fingerprint density at radius 3 is 3.00 bits per heavy atom. The molecule has 0 spiro atoms. The number of halogens is 1. The number of thiazole rings is 1. The van der Waals surface area contributed by atoms with Crippen LogP contribution >= 0.6 is 23.7 Å². The van der Waals surface area contributed by atoms with Crippen molar-refractivity contribution in [2.75, 3.05) is 19.6 Å². The second-order valence-corrected chi connectivity index (χ2v) is 5.83. The first-order valence-corrected chi connectivity index (χ1v) is 7.66. The highest BCUT2D eigenvalue weighted by atomic mass is 35.5. The van der Waals surface area contributed by atoms with Gasteiger partial charge in [0.25, 0.3) is 0 Å². The smallest absolute Gasteiger partial charge is 0.142 e. The molecule has 114 valence electrons. The van der Waals surface area contributed by atoms with Gasteiger partial charge >= 0.3 is 0 Å². The van der Waals surface area contributed by atoms with E-state index in [0.717, 1.165) is 36.0 Å². The lowest BCUT2D eigenvalue weighted by atomic mass is 10.1. The molecule has 0 amide bonds. The van der Waals surface area contributed by atoms with Crippen LogP contribution in [0.25, 0.3) is 10.7 Å². The number of aromatic nitrogens is 2. The van der Waals surface area contributed by atoms with Crippen molar-refractivity contribution >= 4 is 23.7 Å². The normalized spacial score (nSPS) is 21.2. The highest BCUT2D eigenvalue weighted by molar-refractivity contribution is 7.13. The lowest BCUT2D eigenvalue weighted by Gasteiger charge is -2.13. The topological polar surface area (TPSA) is 70.1 Å². The zero-order valence-corrected chi connectivity index (χ0v) is 13.2. The summed E-state index contributed by atoms with van der Waals surface area (Å²) in [7, 11) is 0. The van der Waals surface area contributed by atoms with Crippen molar-refractivity contribution in [2.45, 2.75) is 12.6 Å². The number of aliphatic hydroxyl groups is 1. The molecule has 2 unspecified atom stereocenters. The minimum Gasteiger partial charge on any atom is -0.391 e. The monoisotopic (exact) mass is 326 g/mol. The lowest BCUT2D eigenvalue weighted by molar-refractivity contribution is 0.146. The van der Waals surface area contributed by atoms with Gasteiger partial charge in [-0.25, -0.2) is 4.98 Å². The molecule has 3 rings (SSSR count). The Balaban J connectivity index is 0.00000161. The number of rotatable bonds is 5. The van der Waals surface area contributed by atoms with Gasteiger partial charge in [0.15, 0.2) is 0 Å². The van der Waals surface area contributed by atoms with Gasteiger partial charge in [0.1, 0.15) is 5.01 Å². The van der Waals surface area contributed by atoms with Crippen LogP contribution in [0.15, 0.2) is 29.8 Å². The molecular weight excluding hydrogens is 308 g/mol. The molecule has 5 nitrogen and oxygen atoms in total. The van der Waals surface area contributed by atoms with E-state index >= 15 is 0 Å². The Morgan fingerprint density at radius 1 is 1.38 bits per heavy atom. The van der Waals surface area contributed by atoms with Crippen LogP contribution in [0, 0.1) is 5.92 Å². The molecule has 2 aromatic heterocycles. The number of aliphatic hydroxyl groups excluding tert-OH is 1. The van der Waals surface area contributed by atoms with Crippen molar-refractivity contribution in [3.63, 3.8) is 0 Å². The fourth-order valence-corrected chi connectivity index (χ4v) is 3.10. The van der Waals surface area contributed by atoms with E-state index in [1.165, 1.54) is 0 Å². The molecule has 7 heteroatoms. The molecule has 1 aliphatic heterocycles. The summed E-state index contributed by atoms with van der Waals surface area (Å²) >= 11 is 1.61. The van der Waals surface area contributed by atoms with Crippen molar-refractivity contribution in [3.8, 4) is 10.7 Å². The van der Waals surface area contributed by atoms with Crippen molar-refractivity contribution < 1.29 is 5.11 Å². The molecule has 1 saturated heterocycles. The number of pyridine rings is 1. The van der Waals surface area contributed by atoms with Crippen LogP contribution in [0.1, 0.15) is 5.69 Å². The van der Waals surface area contributed by atoms with Crippen LogP contribution < -0.4 is 10.6 Å². The van der Waals surface area contributed by atoms with Crippen LogP contribution in [0.5, 0.6) is 0 Å². The first-order valence-electron chi connectivity index (χ1n) is 6.78. The van der Waals surface area contributed by atoms with Gasteiger partial charge in [-0.2, -0.15) is 0 Å². The molecule has 3 N–H and O–H groups in total. The average Bonchev–Trinajstić information content (AvgIpc) is 3.10. The highest BCUT2D eigenvalue weighted by Gasteiger charge is 2.24. The number of nitrogens with one attached hydrogen (secondary N) is 2. The molecule has 3 heterocycles. The molecule has 1 aliphatic rings. The van der Waals surface area contributed by atoms with Gasteiger partial charge < -0.3 is 15.7 Å². The quantitative estimate of drug-likeness (QED) is 0.772. The maximum atomic E-state index is 9.71. The fourth-order valence-electron chi connectivity index (χ4n) is 2.31. The average molecular weight is 327 g/mol. The van der Waals surface area contributed by atoms with E-state index in [1.807, 2.05) is 18.2 Å².